The molecule has 1 aromatic heterocycles. The van der Waals surface area contributed by atoms with Gasteiger partial charge in [0, 0.05) is 12.4 Å². The molecule has 1 heterocycles. The van der Waals surface area contributed by atoms with Crippen molar-refractivity contribution in [3.63, 3.8) is 0 Å². The Labute approximate surface area is 102 Å². The fraction of sp³-hybridized carbons (Fsp3) is 0.615. The molecule has 0 bridgehead atoms. The zero-order chi connectivity index (χ0) is 12.5. The minimum absolute atomic E-state index is 0.352. The van der Waals surface area contributed by atoms with Gasteiger partial charge in [0.05, 0.1) is 12.2 Å². The third kappa shape index (κ3) is 4.93. The highest BCUT2D eigenvalue weighted by atomic mass is 16.5. The molecule has 1 unspecified atom stereocenters. The number of aromatic nitrogens is 2. The smallest absolute Gasteiger partial charge is 0.316 e. The molecule has 0 saturated heterocycles. The Morgan fingerprint density at radius 1 is 1.35 bits per heavy atom. The van der Waals surface area contributed by atoms with E-state index < -0.39 is 0 Å². The second-order valence-corrected chi connectivity index (χ2v) is 4.14. The number of hydrogen-bond donors (Lipinski definition) is 0. The van der Waals surface area contributed by atoms with Gasteiger partial charge in [-0.1, -0.05) is 33.1 Å². The van der Waals surface area contributed by atoms with E-state index in [0.717, 1.165) is 12.7 Å². The lowest BCUT2D eigenvalue weighted by atomic mass is 10.0. The summed E-state index contributed by atoms with van der Waals surface area (Å²) >= 11 is 0. The molecule has 0 saturated carbocycles. The van der Waals surface area contributed by atoms with Gasteiger partial charge in [0.15, 0.2) is 6.29 Å². The van der Waals surface area contributed by atoms with Crippen molar-refractivity contribution < 1.29 is 9.53 Å². The molecule has 0 N–H and O–H groups in total. The van der Waals surface area contributed by atoms with E-state index in [2.05, 4.69) is 23.8 Å². The second-order valence-electron chi connectivity index (χ2n) is 4.14. The van der Waals surface area contributed by atoms with Crippen LogP contribution in [0.2, 0.25) is 0 Å². The van der Waals surface area contributed by atoms with E-state index in [4.69, 9.17) is 4.74 Å². The van der Waals surface area contributed by atoms with Gasteiger partial charge in [-0.15, -0.1) is 0 Å². The molecule has 0 amide bonds. The minimum Gasteiger partial charge on any atom is -0.463 e. The summed E-state index contributed by atoms with van der Waals surface area (Å²) < 4.78 is 5.52. The molecule has 0 radical (unpaired) electrons. The van der Waals surface area contributed by atoms with E-state index in [1.807, 2.05) is 0 Å². The van der Waals surface area contributed by atoms with Crippen LogP contribution in [0, 0.1) is 5.92 Å². The Hall–Kier alpha value is -1.45. The van der Waals surface area contributed by atoms with Gasteiger partial charge in [0.2, 0.25) is 0 Å². The van der Waals surface area contributed by atoms with Crippen molar-refractivity contribution in [1.29, 1.82) is 0 Å². The molecule has 17 heavy (non-hydrogen) atoms. The summed E-state index contributed by atoms with van der Waals surface area (Å²) in [6, 6.07) is 0.352. The van der Waals surface area contributed by atoms with Crippen LogP contribution in [0.3, 0.4) is 0 Å². The third-order valence-corrected chi connectivity index (χ3v) is 2.78. The molecule has 0 spiro atoms. The van der Waals surface area contributed by atoms with Gasteiger partial charge in [0.1, 0.15) is 0 Å². The van der Waals surface area contributed by atoms with Crippen LogP contribution in [0.5, 0.6) is 6.01 Å². The summed E-state index contributed by atoms with van der Waals surface area (Å²) in [6.07, 6.45) is 8.39. The van der Waals surface area contributed by atoms with Crippen molar-refractivity contribution >= 4 is 6.29 Å². The molecule has 1 aromatic rings. The van der Waals surface area contributed by atoms with Crippen LogP contribution in [-0.4, -0.2) is 22.9 Å². The Morgan fingerprint density at radius 2 is 2.06 bits per heavy atom. The lowest BCUT2D eigenvalue weighted by molar-refractivity contribution is 0.112. The molecule has 1 atom stereocenters. The average Bonchev–Trinajstić information content (AvgIpc) is 2.39. The SMILES string of the molecule is CCCCC(CC)COc1ncc(C=O)cn1. The van der Waals surface area contributed by atoms with E-state index in [-0.39, 0.29) is 0 Å². The Bertz CT molecular complexity index is 325. The first-order valence-corrected chi connectivity index (χ1v) is 6.20. The summed E-state index contributed by atoms with van der Waals surface area (Å²) in [5, 5.41) is 0. The molecule has 0 aliphatic heterocycles. The van der Waals surface area contributed by atoms with Gasteiger partial charge in [-0.05, 0) is 12.3 Å². The van der Waals surface area contributed by atoms with E-state index in [9.17, 15) is 4.79 Å². The molecule has 94 valence electrons. The zero-order valence-electron chi connectivity index (χ0n) is 10.6. The third-order valence-electron chi connectivity index (χ3n) is 2.78. The summed E-state index contributed by atoms with van der Waals surface area (Å²) in [7, 11) is 0. The fourth-order valence-electron chi connectivity index (χ4n) is 1.55. The number of aldehydes is 1. The van der Waals surface area contributed by atoms with Gasteiger partial charge >= 0.3 is 6.01 Å². The van der Waals surface area contributed by atoms with Crippen LogP contribution in [0.1, 0.15) is 49.9 Å². The van der Waals surface area contributed by atoms with Crippen LogP contribution in [0.4, 0.5) is 0 Å². The number of nitrogens with zero attached hydrogens (tertiary/aromatic N) is 2. The predicted molar refractivity (Wildman–Crippen MR) is 66.2 cm³/mol. The quantitative estimate of drug-likeness (QED) is 0.651. The van der Waals surface area contributed by atoms with Crippen molar-refractivity contribution in [2.75, 3.05) is 6.61 Å². The first-order valence-electron chi connectivity index (χ1n) is 6.20. The summed E-state index contributed by atoms with van der Waals surface area (Å²) in [6.45, 7) is 5.01. The van der Waals surface area contributed by atoms with Crippen molar-refractivity contribution in [2.45, 2.75) is 39.5 Å². The molecular formula is C13H20N2O2. The minimum atomic E-state index is 0.352. The fourth-order valence-corrected chi connectivity index (χ4v) is 1.55. The number of rotatable bonds is 8. The molecule has 0 aromatic carbocycles. The lowest BCUT2D eigenvalue weighted by Crippen LogP contribution is -2.12. The maximum absolute atomic E-state index is 10.4. The van der Waals surface area contributed by atoms with Gasteiger partial charge < -0.3 is 4.74 Å². The lowest BCUT2D eigenvalue weighted by Gasteiger charge is -2.14. The summed E-state index contributed by atoms with van der Waals surface area (Å²) in [5.41, 5.74) is 0.468. The Kier molecular flexibility index (Phi) is 6.22. The summed E-state index contributed by atoms with van der Waals surface area (Å²) in [5.74, 6) is 0.560. The molecule has 4 heteroatoms. The highest BCUT2D eigenvalue weighted by molar-refractivity contribution is 5.73. The first kappa shape index (κ1) is 13.6. The normalized spacial score (nSPS) is 12.1. The van der Waals surface area contributed by atoms with Crippen LogP contribution in [0.15, 0.2) is 12.4 Å². The van der Waals surface area contributed by atoms with Gasteiger partial charge in [0.25, 0.3) is 0 Å². The largest absolute Gasteiger partial charge is 0.463 e. The number of hydrogen-bond acceptors (Lipinski definition) is 4. The van der Waals surface area contributed by atoms with E-state index >= 15 is 0 Å². The van der Waals surface area contributed by atoms with Crippen molar-refractivity contribution in [3.05, 3.63) is 18.0 Å². The van der Waals surface area contributed by atoms with Crippen LogP contribution in [0.25, 0.3) is 0 Å². The van der Waals surface area contributed by atoms with Crippen molar-refractivity contribution in [2.24, 2.45) is 5.92 Å². The molecule has 1 rings (SSSR count). The monoisotopic (exact) mass is 236 g/mol. The van der Waals surface area contributed by atoms with Crippen LogP contribution < -0.4 is 4.74 Å². The summed E-state index contributed by atoms with van der Waals surface area (Å²) in [4.78, 5) is 18.4. The zero-order valence-corrected chi connectivity index (χ0v) is 10.6. The Morgan fingerprint density at radius 3 is 2.59 bits per heavy atom. The van der Waals surface area contributed by atoms with E-state index in [1.165, 1.54) is 31.7 Å². The topological polar surface area (TPSA) is 52.1 Å². The number of ether oxygens (including phenoxy) is 1. The van der Waals surface area contributed by atoms with Crippen LogP contribution >= 0.6 is 0 Å². The number of carbonyl (C=O) groups excluding carboxylic acids is 1. The highest BCUT2D eigenvalue weighted by Crippen LogP contribution is 2.13. The first-order chi connectivity index (χ1) is 8.30. The number of carbonyl (C=O) groups is 1. The maximum Gasteiger partial charge on any atom is 0.316 e. The molecular weight excluding hydrogens is 216 g/mol. The average molecular weight is 236 g/mol. The predicted octanol–water partition coefficient (Wildman–Crippen LogP) is 2.88. The molecule has 0 aliphatic carbocycles. The van der Waals surface area contributed by atoms with Crippen molar-refractivity contribution in [3.8, 4) is 6.01 Å². The molecule has 4 nitrogen and oxygen atoms in total. The van der Waals surface area contributed by atoms with E-state index in [1.54, 1.807) is 0 Å². The van der Waals surface area contributed by atoms with Gasteiger partial charge in [-0.2, -0.15) is 0 Å². The molecule has 0 fully saturated rings. The van der Waals surface area contributed by atoms with Gasteiger partial charge in [-0.25, -0.2) is 9.97 Å². The van der Waals surface area contributed by atoms with Crippen molar-refractivity contribution in [1.82, 2.24) is 9.97 Å². The van der Waals surface area contributed by atoms with Gasteiger partial charge in [-0.3, -0.25) is 4.79 Å². The second kappa shape index (κ2) is 7.76. The van der Waals surface area contributed by atoms with Crippen LogP contribution in [-0.2, 0) is 0 Å². The number of unbranched alkanes of at least 4 members (excludes halogenated alkanes) is 1. The standard InChI is InChI=1S/C13H20N2O2/c1-3-5-6-11(4-2)10-17-13-14-7-12(9-16)8-15-13/h7-9,11H,3-6,10H2,1-2H3. The van der Waals surface area contributed by atoms with E-state index in [0.29, 0.717) is 24.1 Å². The Balaban J connectivity index is 2.39. The maximum atomic E-state index is 10.4. The molecule has 0 aliphatic rings. The highest BCUT2D eigenvalue weighted by Gasteiger charge is 2.07.